The zero-order valence-electron chi connectivity index (χ0n) is 20.3. The van der Waals surface area contributed by atoms with Gasteiger partial charge in [-0.1, -0.05) is 54.6 Å². The standard InChI is InChI=1S/C30H26F6O/c1-37-15-14-20-4-2-19(3-5-20)6-7-21-9-13-25-24(16-21)12-11-23(29(25)33)10-8-22-17-26(31)28(27(32)18-22)30(34,35)36/h2-5,9,11-13,16-18H,6-8,10,14-15H2,1H3. The van der Waals surface area contributed by atoms with Gasteiger partial charge in [0.1, 0.15) is 23.0 Å². The van der Waals surface area contributed by atoms with Gasteiger partial charge < -0.3 is 4.74 Å². The van der Waals surface area contributed by atoms with Gasteiger partial charge >= 0.3 is 6.18 Å². The Hall–Kier alpha value is -3.32. The Morgan fingerprint density at radius 2 is 1.19 bits per heavy atom. The molecule has 4 aromatic rings. The van der Waals surface area contributed by atoms with Crippen molar-refractivity contribution in [1.29, 1.82) is 0 Å². The fourth-order valence-electron chi connectivity index (χ4n) is 4.44. The summed E-state index contributed by atoms with van der Waals surface area (Å²) in [6.45, 7) is 0.681. The van der Waals surface area contributed by atoms with E-state index in [4.69, 9.17) is 4.74 Å². The van der Waals surface area contributed by atoms with E-state index in [1.807, 2.05) is 12.1 Å². The van der Waals surface area contributed by atoms with Gasteiger partial charge in [-0.15, -0.1) is 0 Å². The molecule has 0 saturated heterocycles. The van der Waals surface area contributed by atoms with E-state index in [-0.39, 0.29) is 18.4 Å². The molecule has 0 aliphatic rings. The maximum Gasteiger partial charge on any atom is 0.422 e. The number of rotatable bonds is 9. The van der Waals surface area contributed by atoms with Crippen molar-refractivity contribution < 1.29 is 31.1 Å². The van der Waals surface area contributed by atoms with E-state index < -0.39 is 29.2 Å². The Bertz CT molecular complexity index is 1350. The predicted octanol–water partition coefficient (Wildman–Crippen LogP) is 8.04. The van der Waals surface area contributed by atoms with Gasteiger partial charge in [0, 0.05) is 12.5 Å². The van der Waals surface area contributed by atoms with E-state index in [0.717, 1.165) is 30.2 Å². The minimum atomic E-state index is -5.12. The summed E-state index contributed by atoms with van der Waals surface area (Å²) in [5, 5.41) is 1.16. The molecule has 37 heavy (non-hydrogen) atoms. The van der Waals surface area contributed by atoms with Crippen molar-refractivity contribution in [3.05, 3.63) is 118 Å². The topological polar surface area (TPSA) is 9.23 Å². The third-order valence-electron chi connectivity index (χ3n) is 6.49. The van der Waals surface area contributed by atoms with E-state index >= 15 is 4.39 Å². The van der Waals surface area contributed by atoms with Gasteiger partial charge in [0.25, 0.3) is 0 Å². The highest BCUT2D eigenvalue weighted by Crippen LogP contribution is 2.34. The van der Waals surface area contributed by atoms with Crippen molar-refractivity contribution in [2.75, 3.05) is 13.7 Å². The molecule has 194 valence electrons. The van der Waals surface area contributed by atoms with E-state index in [1.54, 1.807) is 25.3 Å². The summed E-state index contributed by atoms with van der Waals surface area (Å²) >= 11 is 0. The second kappa shape index (κ2) is 11.4. The van der Waals surface area contributed by atoms with Gasteiger partial charge in [0.15, 0.2) is 0 Å². The van der Waals surface area contributed by atoms with Crippen LogP contribution in [-0.2, 0) is 43.0 Å². The number of hydrogen-bond donors (Lipinski definition) is 0. The molecule has 0 atom stereocenters. The van der Waals surface area contributed by atoms with Crippen molar-refractivity contribution in [1.82, 2.24) is 0 Å². The molecule has 0 bridgehead atoms. The predicted molar refractivity (Wildman–Crippen MR) is 132 cm³/mol. The van der Waals surface area contributed by atoms with Crippen molar-refractivity contribution in [2.45, 2.75) is 38.3 Å². The van der Waals surface area contributed by atoms with Crippen LogP contribution >= 0.6 is 0 Å². The maximum absolute atomic E-state index is 15.2. The summed E-state index contributed by atoms with van der Waals surface area (Å²) in [7, 11) is 1.68. The third kappa shape index (κ3) is 6.52. The van der Waals surface area contributed by atoms with Gasteiger partial charge in [-0.25, -0.2) is 13.2 Å². The number of fused-ring (bicyclic) bond motifs is 1. The van der Waals surface area contributed by atoms with E-state index in [1.165, 1.54) is 11.1 Å². The van der Waals surface area contributed by atoms with Crippen LogP contribution in [0.15, 0.2) is 66.7 Å². The van der Waals surface area contributed by atoms with Crippen LogP contribution in [0.25, 0.3) is 10.8 Å². The van der Waals surface area contributed by atoms with Crippen LogP contribution < -0.4 is 0 Å². The lowest BCUT2D eigenvalue weighted by molar-refractivity contribution is -0.142. The fraction of sp³-hybridized carbons (Fsp3) is 0.267. The summed E-state index contributed by atoms with van der Waals surface area (Å²) in [5.41, 5.74) is 1.94. The van der Waals surface area contributed by atoms with Crippen LogP contribution in [0.1, 0.15) is 33.4 Å². The molecule has 0 saturated carbocycles. The Labute approximate surface area is 211 Å². The van der Waals surface area contributed by atoms with Crippen LogP contribution in [0, 0.1) is 17.5 Å². The Morgan fingerprint density at radius 1 is 0.622 bits per heavy atom. The van der Waals surface area contributed by atoms with Crippen molar-refractivity contribution >= 4 is 10.8 Å². The molecule has 0 aliphatic carbocycles. The average Bonchev–Trinajstić information content (AvgIpc) is 2.85. The Kier molecular flexibility index (Phi) is 8.22. The lowest BCUT2D eigenvalue weighted by atomic mass is 9.96. The highest BCUT2D eigenvalue weighted by atomic mass is 19.4. The van der Waals surface area contributed by atoms with Crippen molar-refractivity contribution in [2.24, 2.45) is 0 Å². The zero-order valence-corrected chi connectivity index (χ0v) is 20.3. The monoisotopic (exact) mass is 516 g/mol. The molecule has 0 heterocycles. The molecule has 0 fully saturated rings. The molecule has 7 heteroatoms. The van der Waals surface area contributed by atoms with Crippen LogP contribution in [0.4, 0.5) is 26.3 Å². The molecule has 0 N–H and O–H groups in total. The highest BCUT2D eigenvalue weighted by molar-refractivity contribution is 5.84. The van der Waals surface area contributed by atoms with Crippen molar-refractivity contribution in [3.8, 4) is 0 Å². The van der Waals surface area contributed by atoms with Crippen LogP contribution in [0.3, 0.4) is 0 Å². The van der Waals surface area contributed by atoms with Crippen LogP contribution in [0.5, 0.6) is 0 Å². The van der Waals surface area contributed by atoms with Gasteiger partial charge in [0.2, 0.25) is 0 Å². The molecular weight excluding hydrogens is 490 g/mol. The van der Waals surface area contributed by atoms with E-state index in [0.29, 0.717) is 29.7 Å². The molecule has 0 amide bonds. The Morgan fingerprint density at radius 3 is 1.81 bits per heavy atom. The maximum atomic E-state index is 15.2. The molecule has 4 aromatic carbocycles. The molecule has 0 unspecified atom stereocenters. The molecule has 0 spiro atoms. The van der Waals surface area contributed by atoms with Gasteiger partial charge in [-0.3, -0.25) is 0 Å². The second-order valence-corrected chi connectivity index (χ2v) is 9.09. The van der Waals surface area contributed by atoms with Crippen LogP contribution in [-0.4, -0.2) is 13.7 Å². The highest BCUT2D eigenvalue weighted by Gasteiger charge is 2.37. The summed E-state index contributed by atoms with van der Waals surface area (Å²) in [4.78, 5) is 0. The zero-order chi connectivity index (χ0) is 26.6. The summed E-state index contributed by atoms with van der Waals surface area (Å²) < 4.78 is 86.3. The number of aryl methyl sites for hydroxylation is 4. The molecule has 0 aliphatic heterocycles. The number of methoxy groups -OCH3 is 1. The molecular formula is C30H26F6O. The van der Waals surface area contributed by atoms with E-state index in [9.17, 15) is 22.0 Å². The second-order valence-electron chi connectivity index (χ2n) is 9.09. The third-order valence-corrected chi connectivity index (χ3v) is 6.49. The smallest absolute Gasteiger partial charge is 0.384 e. The minimum Gasteiger partial charge on any atom is -0.384 e. The first-order chi connectivity index (χ1) is 17.7. The number of ether oxygens (including phenoxy) is 1. The van der Waals surface area contributed by atoms with E-state index in [2.05, 4.69) is 24.3 Å². The summed E-state index contributed by atoms with van der Waals surface area (Å²) in [6.07, 6.45) is -2.53. The minimum absolute atomic E-state index is 0.00323. The molecule has 4 rings (SSSR count). The summed E-state index contributed by atoms with van der Waals surface area (Å²) in [6, 6.07) is 18.6. The first kappa shape index (κ1) is 26.7. The Balaban J connectivity index is 1.42. The molecule has 1 nitrogen and oxygen atoms in total. The fourth-order valence-corrected chi connectivity index (χ4v) is 4.44. The number of alkyl halides is 3. The lowest BCUT2D eigenvalue weighted by Gasteiger charge is -2.12. The summed E-state index contributed by atoms with van der Waals surface area (Å²) in [5.74, 6) is -3.78. The van der Waals surface area contributed by atoms with Gasteiger partial charge in [-0.2, -0.15) is 13.2 Å². The van der Waals surface area contributed by atoms with Gasteiger partial charge in [0.05, 0.1) is 6.61 Å². The number of halogens is 6. The average molecular weight is 517 g/mol. The number of hydrogen-bond acceptors (Lipinski definition) is 1. The quantitative estimate of drug-likeness (QED) is 0.205. The molecule has 0 aromatic heterocycles. The first-order valence-electron chi connectivity index (χ1n) is 12.0. The molecule has 0 radical (unpaired) electrons. The normalized spacial score (nSPS) is 11.9. The number of benzene rings is 4. The largest absolute Gasteiger partial charge is 0.422 e. The SMILES string of the molecule is COCCc1ccc(CCc2ccc3c(F)c(CCc4cc(F)c(C(F)(F)F)c(F)c4)ccc3c2)cc1. The van der Waals surface area contributed by atoms with Crippen LogP contribution in [0.2, 0.25) is 0 Å². The van der Waals surface area contributed by atoms with Gasteiger partial charge in [-0.05, 0) is 77.4 Å². The van der Waals surface area contributed by atoms with Crippen molar-refractivity contribution in [3.63, 3.8) is 0 Å². The first-order valence-corrected chi connectivity index (χ1v) is 12.0. The lowest BCUT2D eigenvalue weighted by Crippen LogP contribution is -2.12.